The number of hydrogen-bond donors (Lipinski definition) is 2. The van der Waals surface area contributed by atoms with Crippen molar-refractivity contribution in [2.75, 3.05) is 0 Å². The summed E-state index contributed by atoms with van der Waals surface area (Å²) in [6, 6.07) is 6.39. The van der Waals surface area contributed by atoms with Crippen LogP contribution in [0, 0.1) is 5.92 Å². The maximum absolute atomic E-state index is 12.9. The number of rotatable bonds is 7. The van der Waals surface area contributed by atoms with Crippen LogP contribution in [0.1, 0.15) is 41.0 Å². The number of hydrogen-bond acceptors (Lipinski definition) is 7. The molecule has 1 aromatic carbocycles. The first kappa shape index (κ1) is 25.5. The first-order valence-electron chi connectivity index (χ1n) is 9.92. The van der Waals surface area contributed by atoms with Gasteiger partial charge in [0.05, 0.1) is 10.6 Å². The predicted octanol–water partition coefficient (Wildman–Crippen LogP) is 3.54. The highest BCUT2D eigenvalue weighted by Crippen LogP contribution is 2.21. The SMILES string of the molecule is CC(C)C[C@H](NC(=O)OC(C)(C)C)C(=O)NS(=O)(=O)c1cccc(-c2ccnc(Cl)n2)c1. The first-order chi connectivity index (χ1) is 14.8. The molecule has 1 heterocycles. The second-order valence-electron chi connectivity index (χ2n) is 8.54. The fourth-order valence-corrected chi connectivity index (χ4v) is 3.95. The van der Waals surface area contributed by atoms with Crippen LogP contribution in [0.4, 0.5) is 4.79 Å². The van der Waals surface area contributed by atoms with Gasteiger partial charge in [-0.1, -0.05) is 26.0 Å². The molecule has 0 bridgehead atoms. The minimum atomic E-state index is -4.22. The molecule has 1 aromatic heterocycles. The van der Waals surface area contributed by atoms with E-state index in [1.165, 1.54) is 24.4 Å². The lowest BCUT2D eigenvalue weighted by Crippen LogP contribution is -2.50. The summed E-state index contributed by atoms with van der Waals surface area (Å²) >= 11 is 5.81. The van der Waals surface area contributed by atoms with Gasteiger partial charge in [0.2, 0.25) is 5.28 Å². The molecule has 1 atom stereocenters. The van der Waals surface area contributed by atoms with E-state index in [9.17, 15) is 18.0 Å². The Hall–Kier alpha value is -2.72. The van der Waals surface area contributed by atoms with Gasteiger partial charge in [0.25, 0.3) is 15.9 Å². The summed E-state index contributed by atoms with van der Waals surface area (Å²) in [6.07, 6.45) is 0.866. The van der Waals surface area contributed by atoms with Crippen LogP contribution in [0.5, 0.6) is 0 Å². The summed E-state index contributed by atoms with van der Waals surface area (Å²) in [5.41, 5.74) is 0.146. The fraction of sp³-hybridized carbons (Fsp3) is 0.429. The number of nitrogens with one attached hydrogen (secondary N) is 2. The minimum absolute atomic E-state index is 0.00855. The number of aromatic nitrogens is 2. The minimum Gasteiger partial charge on any atom is -0.444 e. The molecule has 0 aliphatic carbocycles. The zero-order valence-corrected chi connectivity index (χ0v) is 20.1. The molecule has 0 aliphatic rings. The third kappa shape index (κ3) is 7.76. The third-order valence-corrected chi connectivity index (χ3v) is 5.54. The van der Waals surface area contributed by atoms with Crippen LogP contribution < -0.4 is 10.0 Å². The van der Waals surface area contributed by atoms with Crippen molar-refractivity contribution in [3.63, 3.8) is 0 Å². The van der Waals surface area contributed by atoms with Crippen LogP contribution >= 0.6 is 11.6 Å². The van der Waals surface area contributed by atoms with E-state index in [4.69, 9.17) is 16.3 Å². The largest absolute Gasteiger partial charge is 0.444 e. The molecule has 9 nitrogen and oxygen atoms in total. The molecule has 11 heteroatoms. The lowest BCUT2D eigenvalue weighted by Gasteiger charge is -2.24. The lowest BCUT2D eigenvalue weighted by molar-refractivity contribution is -0.121. The maximum Gasteiger partial charge on any atom is 0.408 e. The van der Waals surface area contributed by atoms with Gasteiger partial charge in [-0.15, -0.1) is 0 Å². The number of nitrogens with zero attached hydrogens (tertiary/aromatic N) is 2. The molecule has 2 rings (SSSR count). The number of halogens is 1. The van der Waals surface area contributed by atoms with Gasteiger partial charge in [-0.25, -0.2) is 27.9 Å². The Kier molecular flexibility index (Phi) is 8.19. The van der Waals surface area contributed by atoms with Crippen LogP contribution in [0.3, 0.4) is 0 Å². The van der Waals surface area contributed by atoms with Crippen LogP contribution in [0.25, 0.3) is 11.3 Å². The number of carbonyl (C=O) groups is 2. The smallest absolute Gasteiger partial charge is 0.408 e. The van der Waals surface area contributed by atoms with E-state index in [-0.39, 0.29) is 22.5 Å². The third-order valence-electron chi connectivity index (χ3n) is 4.02. The zero-order chi connectivity index (χ0) is 24.1. The van der Waals surface area contributed by atoms with E-state index in [0.29, 0.717) is 11.3 Å². The molecule has 2 N–H and O–H groups in total. The second-order valence-corrected chi connectivity index (χ2v) is 10.6. The molecule has 0 radical (unpaired) electrons. The highest BCUT2D eigenvalue weighted by atomic mass is 35.5. The van der Waals surface area contributed by atoms with Crippen LogP contribution in [-0.2, 0) is 19.6 Å². The van der Waals surface area contributed by atoms with Gasteiger partial charge in [-0.05, 0) is 62.9 Å². The second kappa shape index (κ2) is 10.3. The van der Waals surface area contributed by atoms with E-state index in [1.54, 1.807) is 32.9 Å². The average Bonchev–Trinajstić information content (AvgIpc) is 2.65. The summed E-state index contributed by atoms with van der Waals surface area (Å²) in [5, 5.41) is 2.47. The number of carbonyl (C=O) groups excluding carboxylic acids is 2. The number of amides is 2. The van der Waals surface area contributed by atoms with Crippen LogP contribution in [-0.4, -0.2) is 42.0 Å². The molecule has 174 valence electrons. The molecule has 2 aromatic rings. The van der Waals surface area contributed by atoms with Crippen molar-refractivity contribution in [1.82, 2.24) is 20.0 Å². The van der Waals surface area contributed by atoms with E-state index in [2.05, 4.69) is 15.3 Å². The van der Waals surface area contributed by atoms with Gasteiger partial charge in [-0.3, -0.25) is 4.79 Å². The molecule has 0 unspecified atom stereocenters. The zero-order valence-electron chi connectivity index (χ0n) is 18.5. The van der Waals surface area contributed by atoms with E-state index in [0.717, 1.165) is 0 Å². The predicted molar refractivity (Wildman–Crippen MR) is 120 cm³/mol. The maximum atomic E-state index is 12.9. The molecule has 0 fully saturated rings. The van der Waals surface area contributed by atoms with Crippen molar-refractivity contribution in [1.29, 1.82) is 0 Å². The Balaban J connectivity index is 2.23. The lowest BCUT2D eigenvalue weighted by atomic mass is 10.0. The standard InChI is InChI=1S/C21H27ClN4O5S/c1-13(2)11-17(25-20(28)31-21(3,4)5)18(27)26-32(29,30)15-8-6-7-14(12-15)16-9-10-23-19(22)24-16/h6-10,12-13,17H,11H2,1-5H3,(H,25,28)(H,26,27)/t17-/m0/s1. The van der Waals surface area contributed by atoms with Gasteiger partial charge < -0.3 is 10.1 Å². The van der Waals surface area contributed by atoms with Crippen molar-refractivity contribution in [2.45, 2.75) is 57.6 Å². The highest BCUT2D eigenvalue weighted by molar-refractivity contribution is 7.90. The van der Waals surface area contributed by atoms with Crippen molar-refractivity contribution in [3.8, 4) is 11.3 Å². The normalized spacial score (nSPS) is 12.8. The molecular weight excluding hydrogens is 456 g/mol. The Morgan fingerprint density at radius 2 is 1.88 bits per heavy atom. The van der Waals surface area contributed by atoms with Crippen molar-refractivity contribution in [2.24, 2.45) is 5.92 Å². The first-order valence-corrected chi connectivity index (χ1v) is 11.8. The highest BCUT2D eigenvalue weighted by Gasteiger charge is 2.28. The summed E-state index contributed by atoms with van der Waals surface area (Å²) in [5.74, 6) is -0.853. The molecule has 0 aliphatic heterocycles. The van der Waals surface area contributed by atoms with E-state index >= 15 is 0 Å². The summed E-state index contributed by atoms with van der Waals surface area (Å²) in [7, 11) is -4.22. The average molecular weight is 483 g/mol. The Morgan fingerprint density at radius 3 is 2.47 bits per heavy atom. The number of ether oxygens (including phenoxy) is 1. The van der Waals surface area contributed by atoms with Gasteiger partial charge in [0.1, 0.15) is 11.6 Å². The molecule has 0 spiro atoms. The van der Waals surface area contributed by atoms with Gasteiger partial charge in [0.15, 0.2) is 0 Å². The molecular formula is C21H27ClN4O5S. The van der Waals surface area contributed by atoms with Crippen molar-refractivity contribution < 1.29 is 22.7 Å². The summed E-state index contributed by atoms with van der Waals surface area (Å²) in [6.45, 7) is 8.76. The fourth-order valence-electron chi connectivity index (χ4n) is 2.73. The topological polar surface area (TPSA) is 127 Å². The summed E-state index contributed by atoms with van der Waals surface area (Å²) < 4.78 is 33.0. The number of sulfonamides is 1. The quantitative estimate of drug-likeness (QED) is 0.577. The van der Waals surface area contributed by atoms with Gasteiger partial charge in [-0.2, -0.15) is 0 Å². The molecule has 0 saturated heterocycles. The molecule has 0 saturated carbocycles. The van der Waals surface area contributed by atoms with E-state index in [1.807, 2.05) is 18.6 Å². The molecule has 32 heavy (non-hydrogen) atoms. The van der Waals surface area contributed by atoms with Gasteiger partial charge >= 0.3 is 6.09 Å². The van der Waals surface area contributed by atoms with Crippen LogP contribution in [0.15, 0.2) is 41.4 Å². The van der Waals surface area contributed by atoms with Crippen LogP contribution in [0.2, 0.25) is 5.28 Å². The van der Waals surface area contributed by atoms with Crippen molar-refractivity contribution in [3.05, 3.63) is 41.8 Å². The Morgan fingerprint density at radius 1 is 1.19 bits per heavy atom. The van der Waals surface area contributed by atoms with Gasteiger partial charge in [0, 0.05) is 11.8 Å². The van der Waals surface area contributed by atoms with Crippen molar-refractivity contribution >= 4 is 33.6 Å². The summed E-state index contributed by atoms with van der Waals surface area (Å²) in [4.78, 5) is 32.6. The Labute approximate surface area is 193 Å². The number of alkyl carbamates (subject to hydrolysis) is 1. The monoisotopic (exact) mass is 482 g/mol. The van der Waals surface area contributed by atoms with E-state index < -0.39 is 33.7 Å². The Bertz CT molecular complexity index is 1080. The molecule has 2 amide bonds. The number of benzene rings is 1.